The number of aromatic carboxylic acids is 1. The molecule has 0 amide bonds. The second-order valence-electron chi connectivity index (χ2n) is 5.10. The molecular weight excluding hydrogens is 398 g/mol. The molecule has 0 atom stereocenters. The molecule has 126 valence electrons. The quantitative estimate of drug-likeness (QED) is 0.494. The SMILES string of the molecule is O=C(O)c1cc(-c2cccs2)n(Cc2csc(-c3ccc(Cl)s3)n2)n1. The Morgan fingerprint density at radius 2 is 2.12 bits per heavy atom. The maximum absolute atomic E-state index is 11.3. The van der Waals surface area contributed by atoms with Crippen LogP contribution in [0.4, 0.5) is 0 Å². The molecule has 0 saturated heterocycles. The molecule has 0 aliphatic rings. The van der Waals surface area contributed by atoms with Gasteiger partial charge in [0.2, 0.25) is 0 Å². The number of rotatable bonds is 5. The molecule has 4 rings (SSSR count). The fraction of sp³-hybridized carbons (Fsp3) is 0.0625. The van der Waals surface area contributed by atoms with Crippen LogP contribution in [0, 0.1) is 0 Å². The summed E-state index contributed by atoms with van der Waals surface area (Å²) in [5.41, 5.74) is 1.65. The summed E-state index contributed by atoms with van der Waals surface area (Å²) in [5, 5.41) is 18.3. The number of nitrogens with zero attached hydrogens (tertiary/aromatic N) is 3. The van der Waals surface area contributed by atoms with Crippen molar-refractivity contribution in [3.8, 4) is 20.5 Å². The van der Waals surface area contributed by atoms with Crippen LogP contribution in [-0.2, 0) is 6.54 Å². The molecule has 4 aromatic heterocycles. The highest BCUT2D eigenvalue weighted by molar-refractivity contribution is 7.23. The Morgan fingerprint density at radius 3 is 2.80 bits per heavy atom. The van der Waals surface area contributed by atoms with Crippen molar-refractivity contribution in [2.45, 2.75) is 6.54 Å². The first-order valence-corrected chi connectivity index (χ1v) is 10.1. The molecule has 4 heterocycles. The second-order valence-corrected chi connectivity index (χ2v) is 8.62. The summed E-state index contributed by atoms with van der Waals surface area (Å²) in [6.45, 7) is 0.413. The van der Waals surface area contributed by atoms with E-state index < -0.39 is 5.97 Å². The molecule has 0 saturated carbocycles. The van der Waals surface area contributed by atoms with Crippen LogP contribution in [0.25, 0.3) is 20.5 Å². The van der Waals surface area contributed by atoms with Gasteiger partial charge in [-0.25, -0.2) is 9.78 Å². The number of carboxylic acid groups (broad SMARTS) is 1. The molecule has 5 nitrogen and oxygen atoms in total. The van der Waals surface area contributed by atoms with Crippen molar-refractivity contribution in [1.82, 2.24) is 14.8 Å². The van der Waals surface area contributed by atoms with Crippen LogP contribution in [0.15, 0.2) is 41.1 Å². The molecule has 4 aromatic rings. The van der Waals surface area contributed by atoms with Crippen LogP contribution in [0.3, 0.4) is 0 Å². The molecule has 1 N–H and O–H groups in total. The Kier molecular flexibility index (Phi) is 4.43. The van der Waals surface area contributed by atoms with Crippen molar-refractivity contribution in [3.05, 3.63) is 56.8 Å². The van der Waals surface area contributed by atoms with E-state index in [-0.39, 0.29) is 5.69 Å². The fourth-order valence-corrected chi connectivity index (χ4v) is 5.01. The van der Waals surface area contributed by atoms with E-state index in [4.69, 9.17) is 11.6 Å². The third kappa shape index (κ3) is 3.38. The third-order valence-electron chi connectivity index (χ3n) is 3.42. The van der Waals surface area contributed by atoms with Crippen LogP contribution in [0.5, 0.6) is 0 Å². The summed E-state index contributed by atoms with van der Waals surface area (Å²) in [7, 11) is 0. The number of carboxylic acids is 1. The first kappa shape index (κ1) is 16.5. The van der Waals surface area contributed by atoms with Gasteiger partial charge in [0.1, 0.15) is 5.01 Å². The highest BCUT2D eigenvalue weighted by Gasteiger charge is 2.17. The minimum absolute atomic E-state index is 0.0314. The summed E-state index contributed by atoms with van der Waals surface area (Å²) in [6.07, 6.45) is 0. The van der Waals surface area contributed by atoms with Crippen LogP contribution in [0.1, 0.15) is 16.2 Å². The van der Waals surface area contributed by atoms with Gasteiger partial charge in [0.15, 0.2) is 5.69 Å². The molecule has 25 heavy (non-hydrogen) atoms. The molecule has 0 aliphatic carbocycles. The predicted molar refractivity (Wildman–Crippen MR) is 102 cm³/mol. The number of thiophene rings is 2. The first-order chi connectivity index (χ1) is 12.1. The number of aromatic nitrogens is 3. The second kappa shape index (κ2) is 6.72. The average Bonchev–Trinajstić information content (AvgIpc) is 3.34. The maximum atomic E-state index is 11.3. The monoisotopic (exact) mass is 407 g/mol. The number of hydrogen-bond donors (Lipinski definition) is 1. The molecule has 0 radical (unpaired) electrons. The number of thiazole rings is 1. The Balaban J connectivity index is 1.66. The summed E-state index contributed by atoms with van der Waals surface area (Å²) in [6, 6.07) is 9.27. The maximum Gasteiger partial charge on any atom is 0.356 e. The topological polar surface area (TPSA) is 68.0 Å². The van der Waals surface area contributed by atoms with E-state index >= 15 is 0 Å². The highest BCUT2D eigenvalue weighted by atomic mass is 35.5. The minimum Gasteiger partial charge on any atom is -0.476 e. The van der Waals surface area contributed by atoms with Crippen molar-refractivity contribution in [2.24, 2.45) is 0 Å². The van der Waals surface area contributed by atoms with Gasteiger partial charge in [-0.1, -0.05) is 17.7 Å². The van der Waals surface area contributed by atoms with Crippen LogP contribution in [0.2, 0.25) is 4.34 Å². The van der Waals surface area contributed by atoms with Crippen molar-refractivity contribution >= 4 is 51.6 Å². The van der Waals surface area contributed by atoms with Gasteiger partial charge in [0, 0.05) is 5.38 Å². The minimum atomic E-state index is -1.04. The third-order valence-corrected chi connectivity index (χ3v) is 6.60. The lowest BCUT2D eigenvalue weighted by atomic mass is 10.3. The largest absolute Gasteiger partial charge is 0.476 e. The summed E-state index contributed by atoms with van der Waals surface area (Å²) >= 11 is 10.6. The summed E-state index contributed by atoms with van der Waals surface area (Å²) in [4.78, 5) is 17.9. The van der Waals surface area contributed by atoms with E-state index in [0.717, 1.165) is 30.5 Å². The van der Waals surface area contributed by atoms with E-state index in [1.54, 1.807) is 22.1 Å². The number of halogens is 1. The zero-order chi connectivity index (χ0) is 17.4. The van der Waals surface area contributed by atoms with E-state index in [9.17, 15) is 9.90 Å². The Bertz CT molecular complexity index is 1030. The molecular formula is C16H10ClN3O2S3. The standard InChI is InChI=1S/C16H10ClN3O2S3/c17-14-4-3-13(25-14)15-18-9(8-24-15)7-20-11(12-2-1-5-23-12)6-10(19-20)16(21)22/h1-6,8H,7H2,(H,21,22). The molecule has 0 unspecified atom stereocenters. The van der Waals surface area contributed by atoms with Crippen molar-refractivity contribution in [2.75, 3.05) is 0 Å². The van der Waals surface area contributed by atoms with E-state index in [2.05, 4.69) is 10.1 Å². The molecule has 0 bridgehead atoms. The molecule has 0 aliphatic heterocycles. The van der Waals surface area contributed by atoms with Gasteiger partial charge >= 0.3 is 5.97 Å². The zero-order valence-electron chi connectivity index (χ0n) is 12.5. The summed E-state index contributed by atoms with van der Waals surface area (Å²) < 4.78 is 2.42. The van der Waals surface area contributed by atoms with Gasteiger partial charge in [-0.15, -0.1) is 34.0 Å². The van der Waals surface area contributed by atoms with Gasteiger partial charge in [-0.2, -0.15) is 5.10 Å². The van der Waals surface area contributed by atoms with Crippen molar-refractivity contribution < 1.29 is 9.90 Å². The van der Waals surface area contributed by atoms with Crippen LogP contribution in [-0.4, -0.2) is 25.8 Å². The fourth-order valence-electron chi connectivity index (χ4n) is 2.34. The normalized spacial score (nSPS) is 11.1. The Hall–Kier alpha value is -2.00. The lowest BCUT2D eigenvalue weighted by Crippen LogP contribution is -2.05. The van der Waals surface area contributed by atoms with Gasteiger partial charge in [0.05, 0.1) is 32.0 Å². The Labute approximate surface area is 159 Å². The van der Waals surface area contributed by atoms with E-state index in [1.807, 2.05) is 35.0 Å². The zero-order valence-corrected chi connectivity index (χ0v) is 15.8. The van der Waals surface area contributed by atoms with Gasteiger partial charge in [-0.3, -0.25) is 4.68 Å². The van der Waals surface area contributed by atoms with Gasteiger partial charge in [0.25, 0.3) is 0 Å². The summed E-state index contributed by atoms with van der Waals surface area (Å²) in [5.74, 6) is -1.04. The van der Waals surface area contributed by atoms with Crippen LogP contribution < -0.4 is 0 Å². The average molecular weight is 408 g/mol. The first-order valence-electron chi connectivity index (χ1n) is 7.15. The van der Waals surface area contributed by atoms with E-state index in [0.29, 0.717) is 6.54 Å². The molecule has 0 fully saturated rings. The number of hydrogen-bond acceptors (Lipinski definition) is 6. The van der Waals surface area contributed by atoms with Gasteiger partial charge in [-0.05, 0) is 29.6 Å². The molecule has 0 aromatic carbocycles. The highest BCUT2D eigenvalue weighted by Crippen LogP contribution is 2.33. The number of carbonyl (C=O) groups is 1. The molecule has 9 heteroatoms. The van der Waals surface area contributed by atoms with Crippen molar-refractivity contribution in [3.63, 3.8) is 0 Å². The Morgan fingerprint density at radius 1 is 1.24 bits per heavy atom. The predicted octanol–water partition coefficient (Wildman–Crippen LogP) is 5.20. The van der Waals surface area contributed by atoms with E-state index in [1.165, 1.54) is 22.7 Å². The van der Waals surface area contributed by atoms with Crippen molar-refractivity contribution in [1.29, 1.82) is 0 Å². The molecule has 0 spiro atoms. The lowest BCUT2D eigenvalue weighted by molar-refractivity contribution is 0.0689. The van der Waals surface area contributed by atoms with Crippen LogP contribution >= 0.6 is 45.6 Å². The van der Waals surface area contributed by atoms with Gasteiger partial charge < -0.3 is 5.11 Å². The smallest absolute Gasteiger partial charge is 0.356 e. The lowest BCUT2D eigenvalue weighted by Gasteiger charge is -2.03.